The lowest BCUT2D eigenvalue weighted by atomic mass is 9.78. The van der Waals surface area contributed by atoms with Crippen LogP contribution in [0.1, 0.15) is 59.2 Å². The number of aryl methyl sites for hydroxylation is 1. The Labute approximate surface area is 216 Å². The molecule has 1 aliphatic heterocycles. The SMILES string of the molecule is CNC(=O)c1cc(NC(=O)N2CCc3ccccc3C2)c(C(C)(C)c2cc(F)ccc2C)n1CC(C)=O. The predicted molar refractivity (Wildman–Crippen MR) is 141 cm³/mol. The Kier molecular flexibility index (Phi) is 7.21. The van der Waals surface area contributed by atoms with E-state index in [0.717, 1.165) is 17.5 Å². The van der Waals surface area contributed by atoms with Crippen LogP contribution in [0.15, 0.2) is 48.5 Å². The van der Waals surface area contributed by atoms with E-state index in [1.54, 1.807) is 21.6 Å². The molecule has 4 rings (SSSR count). The van der Waals surface area contributed by atoms with Gasteiger partial charge in [-0.05, 0) is 60.7 Å². The number of Topliss-reactive ketones (excluding diaryl/α,β-unsaturated/α-hetero) is 1. The first-order valence-corrected chi connectivity index (χ1v) is 12.4. The Morgan fingerprint density at radius 3 is 2.43 bits per heavy atom. The highest BCUT2D eigenvalue weighted by Crippen LogP contribution is 2.40. The highest BCUT2D eigenvalue weighted by Gasteiger charge is 2.35. The van der Waals surface area contributed by atoms with Crippen LogP contribution in [0.3, 0.4) is 0 Å². The molecule has 0 bridgehead atoms. The lowest BCUT2D eigenvalue weighted by molar-refractivity contribution is -0.117. The van der Waals surface area contributed by atoms with Crippen molar-refractivity contribution in [3.8, 4) is 0 Å². The second kappa shape index (κ2) is 10.2. The molecule has 0 atom stereocenters. The quantitative estimate of drug-likeness (QED) is 0.506. The number of hydrogen-bond acceptors (Lipinski definition) is 3. The average Bonchev–Trinajstić information content (AvgIpc) is 3.22. The minimum atomic E-state index is -0.856. The van der Waals surface area contributed by atoms with Gasteiger partial charge in [0.25, 0.3) is 5.91 Å². The molecule has 2 N–H and O–H groups in total. The van der Waals surface area contributed by atoms with Crippen LogP contribution in [0.4, 0.5) is 14.9 Å². The number of rotatable bonds is 6. The van der Waals surface area contributed by atoms with Gasteiger partial charge in [-0.3, -0.25) is 9.59 Å². The van der Waals surface area contributed by atoms with Crippen molar-refractivity contribution in [2.24, 2.45) is 0 Å². The summed E-state index contributed by atoms with van der Waals surface area (Å²) in [6.45, 7) is 8.10. The molecule has 7 nitrogen and oxygen atoms in total. The number of carbonyl (C=O) groups is 3. The largest absolute Gasteiger partial charge is 0.354 e. The predicted octanol–water partition coefficient (Wildman–Crippen LogP) is 4.80. The van der Waals surface area contributed by atoms with Crippen molar-refractivity contribution >= 4 is 23.4 Å². The zero-order chi connectivity index (χ0) is 26.9. The number of nitrogens with zero attached hydrogens (tertiary/aromatic N) is 2. The summed E-state index contributed by atoms with van der Waals surface area (Å²) < 4.78 is 16.0. The van der Waals surface area contributed by atoms with E-state index >= 15 is 0 Å². The number of ketones is 1. The molecule has 0 radical (unpaired) electrons. The first-order valence-electron chi connectivity index (χ1n) is 12.4. The lowest BCUT2D eigenvalue weighted by Gasteiger charge is -2.32. The summed E-state index contributed by atoms with van der Waals surface area (Å²) in [6.07, 6.45) is 0.749. The van der Waals surface area contributed by atoms with Gasteiger partial charge in [0.1, 0.15) is 17.3 Å². The lowest BCUT2D eigenvalue weighted by Crippen LogP contribution is -2.39. The Balaban J connectivity index is 1.81. The standard InChI is InChI=1S/C29H33FN4O3/c1-18-10-11-22(30)14-23(18)29(3,4)26-24(15-25(27(36)31-5)34(26)16-19(2)35)32-28(37)33-13-12-20-8-6-7-9-21(20)17-33/h6-11,14-15H,12-13,16-17H2,1-5H3,(H,31,36)(H,32,37). The van der Waals surface area contributed by atoms with Crippen molar-refractivity contribution in [1.29, 1.82) is 0 Å². The van der Waals surface area contributed by atoms with Crippen molar-refractivity contribution in [3.63, 3.8) is 0 Å². The van der Waals surface area contributed by atoms with E-state index in [-0.39, 0.29) is 35.8 Å². The van der Waals surface area contributed by atoms with Crippen LogP contribution in [0.2, 0.25) is 0 Å². The van der Waals surface area contributed by atoms with Gasteiger partial charge in [0.2, 0.25) is 0 Å². The number of anilines is 1. The Hall–Kier alpha value is -3.94. The molecule has 1 aliphatic rings. The van der Waals surface area contributed by atoms with Crippen LogP contribution >= 0.6 is 0 Å². The van der Waals surface area contributed by atoms with Crippen LogP contribution in [-0.2, 0) is 29.7 Å². The van der Waals surface area contributed by atoms with E-state index in [0.29, 0.717) is 30.0 Å². The van der Waals surface area contributed by atoms with Gasteiger partial charge in [0.05, 0.1) is 17.9 Å². The third-order valence-corrected chi connectivity index (χ3v) is 7.06. The van der Waals surface area contributed by atoms with Gasteiger partial charge in [-0.2, -0.15) is 0 Å². The van der Waals surface area contributed by atoms with E-state index in [2.05, 4.69) is 16.7 Å². The summed E-state index contributed by atoms with van der Waals surface area (Å²) in [5, 5.41) is 5.64. The van der Waals surface area contributed by atoms with Crippen LogP contribution in [0.5, 0.6) is 0 Å². The molecule has 0 unspecified atom stereocenters. The van der Waals surface area contributed by atoms with Gasteiger partial charge in [-0.25, -0.2) is 9.18 Å². The molecule has 0 saturated carbocycles. The molecule has 0 aliphatic carbocycles. The van der Waals surface area contributed by atoms with Crippen molar-refractivity contribution in [3.05, 3.63) is 88.0 Å². The molecule has 1 aromatic heterocycles. The number of aromatic nitrogens is 1. The minimum Gasteiger partial charge on any atom is -0.354 e. The maximum absolute atomic E-state index is 14.4. The molecule has 8 heteroatoms. The van der Waals surface area contributed by atoms with Gasteiger partial charge in [0, 0.05) is 25.6 Å². The van der Waals surface area contributed by atoms with Crippen molar-refractivity contribution < 1.29 is 18.8 Å². The van der Waals surface area contributed by atoms with Crippen molar-refractivity contribution in [1.82, 2.24) is 14.8 Å². The smallest absolute Gasteiger partial charge is 0.322 e. The molecule has 3 amide bonds. The fourth-order valence-electron chi connectivity index (χ4n) is 5.28. The van der Waals surface area contributed by atoms with Gasteiger partial charge in [-0.15, -0.1) is 0 Å². The van der Waals surface area contributed by atoms with Crippen molar-refractivity contribution in [2.75, 3.05) is 18.9 Å². The molecule has 194 valence electrons. The normalized spacial score (nSPS) is 13.2. The number of benzene rings is 2. The molecule has 0 fully saturated rings. The number of fused-ring (bicyclic) bond motifs is 1. The van der Waals surface area contributed by atoms with E-state index in [9.17, 15) is 18.8 Å². The van der Waals surface area contributed by atoms with E-state index in [1.807, 2.05) is 39.0 Å². The summed E-state index contributed by atoms with van der Waals surface area (Å²) in [5.74, 6) is -0.927. The molecule has 0 saturated heterocycles. The van der Waals surface area contributed by atoms with Crippen LogP contribution in [-0.4, -0.2) is 40.8 Å². The molecule has 2 aromatic carbocycles. The maximum atomic E-state index is 14.4. The number of amides is 3. The van der Waals surface area contributed by atoms with Crippen molar-refractivity contribution in [2.45, 2.75) is 52.6 Å². The first kappa shape index (κ1) is 26.1. The fraction of sp³-hybridized carbons (Fsp3) is 0.345. The Bertz CT molecular complexity index is 1380. The fourth-order valence-corrected chi connectivity index (χ4v) is 5.28. The second-order valence-electron chi connectivity index (χ2n) is 10.1. The Morgan fingerprint density at radius 2 is 1.76 bits per heavy atom. The highest BCUT2D eigenvalue weighted by molar-refractivity contribution is 5.98. The number of carbonyl (C=O) groups excluding carboxylic acids is 3. The second-order valence-corrected chi connectivity index (χ2v) is 10.1. The van der Waals surface area contributed by atoms with E-state index in [1.165, 1.54) is 31.7 Å². The number of halogens is 1. The summed E-state index contributed by atoms with van der Waals surface area (Å²) in [4.78, 5) is 40.4. The van der Waals surface area contributed by atoms with Gasteiger partial charge in [-0.1, -0.05) is 44.2 Å². The van der Waals surface area contributed by atoms with E-state index in [4.69, 9.17) is 0 Å². The summed E-state index contributed by atoms with van der Waals surface area (Å²) in [7, 11) is 1.51. The third kappa shape index (κ3) is 5.14. The number of hydrogen-bond donors (Lipinski definition) is 2. The summed E-state index contributed by atoms with van der Waals surface area (Å²) >= 11 is 0. The maximum Gasteiger partial charge on any atom is 0.322 e. The van der Waals surface area contributed by atoms with Gasteiger partial charge in [0.15, 0.2) is 0 Å². The summed E-state index contributed by atoms with van der Waals surface area (Å²) in [6, 6.07) is 13.9. The van der Waals surface area contributed by atoms with Crippen LogP contribution in [0.25, 0.3) is 0 Å². The monoisotopic (exact) mass is 504 g/mol. The topological polar surface area (TPSA) is 83.4 Å². The molecule has 2 heterocycles. The first-order chi connectivity index (χ1) is 17.5. The van der Waals surface area contributed by atoms with Gasteiger partial charge < -0.3 is 20.1 Å². The third-order valence-electron chi connectivity index (χ3n) is 7.06. The molecule has 3 aromatic rings. The van der Waals surface area contributed by atoms with E-state index < -0.39 is 5.41 Å². The molecular weight excluding hydrogens is 471 g/mol. The average molecular weight is 505 g/mol. The zero-order valence-electron chi connectivity index (χ0n) is 21.9. The van der Waals surface area contributed by atoms with Crippen LogP contribution in [0, 0.1) is 12.7 Å². The highest BCUT2D eigenvalue weighted by atomic mass is 19.1. The zero-order valence-corrected chi connectivity index (χ0v) is 21.9. The number of urea groups is 1. The minimum absolute atomic E-state index is 0.0666. The molecule has 37 heavy (non-hydrogen) atoms. The van der Waals surface area contributed by atoms with Crippen LogP contribution < -0.4 is 10.6 Å². The number of nitrogens with one attached hydrogen (secondary N) is 2. The molecular formula is C29H33FN4O3. The summed E-state index contributed by atoms with van der Waals surface area (Å²) in [5.41, 5.74) is 4.23. The molecule has 0 spiro atoms. The Morgan fingerprint density at radius 1 is 1.05 bits per heavy atom. The van der Waals surface area contributed by atoms with Gasteiger partial charge >= 0.3 is 6.03 Å².